The number of thiazole rings is 1. The van der Waals surface area contributed by atoms with Crippen LogP contribution in [0, 0.1) is 6.92 Å². The second-order valence-corrected chi connectivity index (χ2v) is 9.36. The highest BCUT2D eigenvalue weighted by molar-refractivity contribution is 7.16. The minimum absolute atomic E-state index is 0.314. The van der Waals surface area contributed by atoms with Crippen LogP contribution < -0.4 is 25.3 Å². The summed E-state index contributed by atoms with van der Waals surface area (Å²) in [5.74, 6) is 0.784. The first-order chi connectivity index (χ1) is 18.4. The van der Waals surface area contributed by atoms with Crippen LogP contribution in [0.15, 0.2) is 41.4 Å². The molecular formula is C27H36N4O6S. The molecule has 0 aliphatic rings. The molecule has 0 saturated heterocycles. The van der Waals surface area contributed by atoms with Crippen LogP contribution in [0.3, 0.4) is 0 Å². The van der Waals surface area contributed by atoms with Gasteiger partial charge in [0.25, 0.3) is 0 Å². The molecule has 0 aliphatic carbocycles. The van der Waals surface area contributed by atoms with E-state index in [-0.39, 0.29) is 6.29 Å². The summed E-state index contributed by atoms with van der Waals surface area (Å²) in [6.07, 6.45) is 4.34. The lowest BCUT2D eigenvalue weighted by molar-refractivity contribution is -0.110. The molecule has 0 unspecified atom stereocenters. The highest BCUT2D eigenvalue weighted by Crippen LogP contribution is 2.33. The molecule has 2 aromatic carbocycles. The lowest BCUT2D eigenvalue weighted by atomic mass is 10.1. The van der Waals surface area contributed by atoms with Crippen molar-refractivity contribution in [2.75, 3.05) is 59.7 Å². The van der Waals surface area contributed by atoms with Crippen molar-refractivity contribution in [3.63, 3.8) is 0 Å². The maximum absolute atomic E-state index is 11.9. The third-order valence-electron chi connectivity index (χ3n) is 5.84. The van der Waals surface area contributed by atoms with E-state index in [1.54, 1.807) is 44.7 Å². The number of esters is 1. The number of anilines is 2. The highest BCUT2D eigenvalue weighted by atomic mass is 32.1. The van der Waals surface area contributed by atoms with E-state index in [0.717, 1.165) is 26.3 Å². The van der Waals surface area contributed by atoms with Gasteiger partial charge in [-0.3, -0.25) is 4.99 Å². The number of carbonyl (C=O) groups excluding carboxylic acids is 1. The average Bonchev–Trinajstić information content (AvgIpc) is 3.27. The van der Waals surface area contributed by atoms with Crippen molar-refractivity contribution in [3.8, 4) is 11.5 Å². The van der Waals surface area contributed by atoms with Gasteiger partial charge in [0.15, 0.2) is 11.1 Å². The number of aryl methyl sites for hydroxylation is 1. The molecule has 1 aromatic heterocycles. The van der Waals surface area contributed by atoms with E-state index in [1.807, 2.05) is 12.1 Å². The second kappa shape index (κ2) is 13.8. The van der Waals surface area contributed by atoms with Crippen molar-refractivity contribution >= 4 is 38.9 Å². The zero-order chi connectivity index (χ0) is 27.7. The van der Waals surface area contributed by atoms with Crippen LogP contribution in [-0.2, 0) is 20.8 Å². The highest BCUT2D eigenvalue weighted by Gasteiger charge is 2.15. The van der Waals surface area contributed by atoms with Crippen molar-refractivity contribution in [3.05, 3.63) is 52.3 Å². The number of benzene rings is 2. The molecule has 3 aromatic rings. The Morgan fingerprint density at radius 3 is 2.55 bits per heavy atom. The Balaban J connectivity index is 1.77. The Hall–Kier alpha value is -3.54. The molecule has 0 fully saturated rings. The number of allylic oxidation sites excluding steroid dienone is 1. The molecule has 0 aliphatic heterocycles. The summed E-state index contributed by atoms with van der Waals surface area (Å²) in [4.78, 5) is 17.2. The minimum Gasteiger partial charge on any atom is -0.494 e. The van der Waals surface area contributed by atoms with Crippen LogP contribution in [-0.4, -0.2) is 65.5 Å². The first kappa shape index (κ1) is 29.0. The third kappa shape index (κ3) is 6.85. The molecule has 38 heavy (non-hydrogen) atoms. The van der Waals surface area contributed by atoms with Crippen LogP contribution >= 0.6 is 11.3 Å². The van der Waals surface area contributed by atoms with Gasteiger partial charge in [-0.2, -0.15) is 0 Å². The molecule has 0 amide bonds. The van der Waals surface area contributed by atoms with E-state index in [1.165, 1.54) is 14.2 Å². The fraction of sp³-hybridized carbons (Fsp3) is 0.407. The van der Waals surface area contributed by atoms with Crippen molar-refractivity contribution in [2.24, 2.45) is 4.99 Å². The monoisotopic (exact) mass is 544 g/mol. The molecule has 206 valence electrons. The maximum atomic E-state index is 11.9. The normalized spacial score (nSPS) is 12.0. The first-order valence-corrected chi connectivity index (χ1v) is 12.9. The van der Waals surface area contributed by atoms with E-state index >= 15 is 0 Å². The fourth-order valence-electron chi connectivity index (χ4n) is 4.00. The Kier molecular flexibility index (Phi) is 10.6. The zero-order valence-corrected chi connectivity index (χ0v) is 23.5. The molecule has 10 nitrogen and oxygen atoms in total. The molecular weight excluding hydrogens is 508 g/mol. The second-order valence-electron chi connectivity index (χ2n) is 8.35. The van der Waals surface area contributed by atoms with Crippen molar-refractivity contribution in [1.29, 1.82) is 0 Å². The molecule has 0 bridgehead atoms. The number of nitrogens with two attached hydrogens (primary N) is 1. The number of nitrogen functional groups attached to an aromatic ring is 1. The van der Waals surface area contributed by atoms with Gasteiger partial charge in [0, 0.05) is 40.8 Å². The number of nitrogens with zero attached hydrogens (tertiary/aromatic N) is 2. The molecule has 3 rings (SSSR count). The Labute approximate surface area is 226 Å². The average molecular weight is 545 g/mol. The van der Waals surface area contributed by atoms with E-state index < -0.39 is 5.97 Å². The summed E-state index contributed by atoms with van der Waals surface area (Å²) >= 11 is 1.62. The van der Waals surface area contributed by atoms with Gasteiger partial charge >= 0.3 is 5.97 Å². The van der Waals surface area contributed by atoms with Crippen molar-refractivity contribution in [2.45, 2.75) is 26.2 Å². The molecule has 0 spiro atoms. The molecule has 3 N–H and O–H groups in total. The van der Waals surface area contributed by atoms with Crippen LogP contribution in [0.25, 0.3) is 10.2 Å². The Morgan fingerprint density at radius 2 is 1.89 bits per heavy atom. The van der Waals surface area contributed by atoms with E-state index in [4.69, 9.17) is 29.4 Å². The lowest BCUT2D eigenvalue weighted by Gasteiger charge is -2.15. The summed E-state index contributed by atoms with van der Waals surface area (Å²) in [6, 6.07) is 7.34. The number of ether oxygens (including phenoxy) is 5. The topological polar surface area (TPSA) is 119 Å². The van der Waals surface area contributed by atoms with Gasteiger partial charge in [-0.15, -0.1) is 0 Å². The number of aromatic nitrogens is 1. The zero-order valence-electron chi connectivity index (χ0n) is 22.7. The fourth-order valence-corrected chi connectivity index (χ4v) is 5.11. The van der Waals surface area contributed by atoms with Crippen molar-refractivity contribution in [1.82, 2.24) is 4.57 Å². The minimum atomic E-state index is -0.477. The van der Waals surface area contributed by atoms with Gasteiger partial charge in [0.2, 0.25) is 0 Å². The molecule has 0 radical (unpaired) electrons. The van der Waals surface area contributed by atoms with E-state index in [9.17, 15) is 4.79 Å². The van der Waals surface area contributed by atoms with Gasteiger partial charge < -0.3 is 39.3 Å². The van der Waals surface area contributed by atoms with Gasteiger partial charge in [0.05, 0.1) is 36.8 Å². The van der Waals surface area contributed by atoms with Gasteiger partial charge in [-0.05, 0) is 36.8 Å². The lowest BCUT2D eigenvalue weighted by Crippen LogP contribution is -2.17. The smallest absolute Gasteiger partial charge is 0.338 e. The molecule has 0 atom stereocenters. The molecule has 1 heterocycles. The largest absolute Gasteiger partial charge is 0.494 e. The van der Waals surface area contributed by atoms with Gasteiger partial charge in [-0.25, -0.2) is 4.79 Å². The van der Waals surface area contributed by atoms with Gasteiger partial charge in [0.1, 0.15) is 22.7 Å². The van der Waals surface area contributed by atoms with E-state index in [0.29, 0.717) is 48.8 Å². The molecule has 11 heteroatoms. The van der Waals surface area contributed by atoms with E-state index in [2.05, 4.69) is 33.9 Å². The number of nitrogens with one attached hydrogen (secondary N) is 1. The standard InChI is InChI=1S/C27H36N4O6S/c1-17-13-21(37-12-9-23(34-4)35-5)25-22(14-17)38-27(29-2)31(25)11-8-7-10-30-24-19(28)15-18(26(32)36-6)16-20(24)33-3/h7-8,13-16,23,30H,9-12,28H2,1-6H3/b8-7+,29-27?. The summed E-state index contributed by atoms with van der Waals surface area (Å²) in [5.41, 5.74) is 9.61. The maximum Gasteiger partial charge on any atom is 0.338 e. The predicted octanol–water partition coefficient (Wildman–Crippen LogP) is 3.98. The number of rotatable bonds is 13. The Morgan fingerprint density at radius 1 is 1.13 bits per heavy atom. The Bertz CT molecular complexity index is 1340. The van der Waals surface area contributed by atoms with Crippen molar-refractivity contribution < 1.29 is 28.5 Å². The predicted molar refractivity (Wildman–Crippen MR) is 150 cm³/mol. The van der Waals surface area contributed by atoms with Crippen LogP contribution in [0.4, 0.5) is 11.4 Å². The summed E-state index contributed by atoms with van der Waals surface area (Å²) in [6.45, 7) is 3.60. The van der Waals surface area contributed by atoms with Crippen LogP contribution in [0.2, 0.25) is 0 Å². The number of fused-ring (bicyclic) bond motifs is 1. The summed E-state index contributed by atoms with van der Waals surface area (Å²) in [7, 11) is 7.86. The number of carbonyl (C=O) groups is 1. The summed E-state index contributed by atoms with van der Waals surface area (Å²) in [5, 5.41) is 3.26. The number of hydrogen-bond acceptors (Lipinski definition) is 10. The number of hydrogen-bond donors (Lipinski definition) is 2. The third-order valence-corrected chi connectivity index (χ3v) is 6.96. The van der Waals surface area contributed by atoms with Gasteiger partial charge in [-0.1, -0.05) is 23.5 Å². The van der Waals surface area contributed by atoms with Crippen LogP contribution in [0.5, 0.6) is 11.5 Å². The quantitative estimate of drug-likeness (QED) is 0.144. The SMILES string of the molecule is CN=c1sc2cc(C)cc(OCCC(OC)OC)c2n1C/C=C/CNc1c(N)cc(C(=O)OC)cc1OC. The summed E-state index contributed by atoms with van der Waals surface area (Å²) < 4.78 is 30.2. The first-order valence-electron chi connectivity index (χ1n) is 12.1. The molecule has 0 saturated carbocycles. The number of methoxy groups -OCH3 is 4. The van der Waals surface area contributed by atoms with Crippen LogP contribution in [0.1, 0.15) is 22.3 Å².